The highest BCUT2D eigenvalue weighted by molar-refractivity contribution is 7.99. The van der Waals surface area contributed by atoms with Gasteiger partial charge in [-0.3, -0.25) is 4.79 Å². The number of nitrogens with zero attached hydrogens (tertiary/aromatic N) is 4. The van der Waals surface area contributed by atoms with Gasteiger partial charge >= 0.3 is 5.97 Å². The summed E-state index contributed by atoms with van der Waals surface area (Å²) in [5, 5.41) is 11.4. The van der Waals surface area contributed by atoms with Gasteiger partial charge in [0, 0.05) is 12.8 Å². The van der Waals surface area contributed by atoms with Crippen LogP contribution >= 0.6 is 11.8 Å². The van der Waals surface area contributed by atoms with Gasteiger partial charge in [-0.1, -0.05) is 11.8 Å². The van der Waals surface area contributed by atoms with Crippen molar-refractivity contribution in [1.82, 2.24) is 20.2 Å². The molecule has 0 saturated heterocycles. The molecule has 1 aromatic heterocycles. The lowest BCUT2D eigenvalue weighted by molar-refractivity contribution is -0.141. The summed E-state index contributed by atoms with van der Waals surface area (Å²) in [5.41, 5.74) is 5.52. The lowest BCUT2D eigenvalue weighted by Crippen LogP contribution is -2.33. The number of carbonyl (C=O) groups is 1. The molecule has 7 nitrogen and oxygen atoms in total. The Hall–Kier alpha value is -1.15. The second kappa shape index (κ2) is 4.91. The SMILES string of the molecule is COC(=O)[C@H](N)CSc1nnnn1C. The van der Waals surface area contributed by atoms with Crippen LogP contribution in [-0.2, 0) is 16.6 Å². The maximum Gasteiger partial charge on any atom is 0.323 e. The summed E-state index contributed by atoms with van der Waals surface area (Å²) < 4.78 is 5.99. The minimum absolute atomic E-state index is 0.390. The summed E-state index contributed by atoms with van der Waals surface area (Å²) in [7, 11) is 3.02. The molecule has 0 aliphatic carbocycles. The number of rotatable bonds is 4. The molecule has 1 aromatic rings. The van der Waals surface area contributed by atoms with Crippen LogP contribution < -0.4 is 5.73 Å². The summed E-state index contributed by atoms with van der Waals surface area (Å²) in [5.74, 6) is -0.0476. The molecule has 0 radical (unpaired) electrons. The molecular weight excluding hydrogens is 206 g/mol. The van der Waals surface area contributed by atoms with Gasteiger partial charge in [-0.15, -0.1) is 5.10 Å². The second-order valence-corrected chi connectivity index (χ2v) is 3.51. The van der Waals surface area contributed by atoms with Crippen LogP contribution in [0.4, 0.5) is 0 Å². The highest BCUT2D eigenvalue weighted by Crippen LogP contribution is 2.12. The first-order valence-corrected chi connectivity index (χ1v) is 4.82. The van der Waals surface area contributed by atoms with Crippen molar-refractivity contribution in [2.45, 2.75) is 11.2 Å². The Labute approximate surface area is 85.0 Å². The zero-order valence-electron chi connectivity index (χ0n) is 7.88. The van der Waals surface area contributed by atoms with Crippen LogP contribution in [0.1, 0.15) is 0 Å². The van der Waals surface area contributed by atoms with Gasteiger partial charge in [-0.05, 0) is 10.4 Å². The first-order chi connectivity index (χ1) is 6.65. The van der Waals surface area contributed by atoms with E-state index in [-0.39, 0.29) is 0 Å². The van der Waals surface area contributed by atoms with E-state index in [1.165, 1.54) is 23.6 Å². The molecule has 14 heavy (non-hydrogen) atoms. The molecule has 0 amide bonds. The molecule has 0 bridgehead atoms. The van der Waals surface area contributed by atoms with Crippen LogP contribution in [0.15, 0.2) is 5.16 Å². The Morgan fingerprint density at radius 2 is 2.50 bits per heavy atom. The number of ether oxygens (including phenoxy) is 1. The fraction of sp³-hybridized carbons (Fsp3) is 0.667. The van der Waals surface area contributed by atoms with Crippen molar-refractivity contribution in [3.63, 3.8) is 0 Å². The van der Waals surface area contributed by atoms with Gasteiger partial charge in [0.25, 0.3) is 0 Å². The number of thioether (sulfide) groups is 1. The number of hydrogen-bond acceptors (Lipinski definition) is 7. The van der Waals surface area contributed by atoms with Crippen molar-refractivity contribution < 1.29 is 9.53 Å². The van der Waals surface area contributed by atoms with Gasteiger partial charge in [0.05, 0.1) is 7.11 Å². The Kier molecular flexibility index (Phi) is 3.84. The molecule has 1 atom stereocenters. The number of tetrazole rings is 1. The summed E-state index contributed by atoms with van der Waals surface area (Å²) in [4.78, 5) is 10.9. The van der Waals surface area contributed by atoms with Crippen LogP contribution in [0.3, 0.4) is 0 Å². The molecule has 2 N–H and O–H groups in total. The van der Waals surface area contributed by atoms with E-state index < -0.39 is 12.0 Å². The molecule has 0 aromatic carbocycles. The van der Waals surface area contributed by atoms with Crippen molar-refractivity contribution in [1.29, 1.82) is 0 Å². The number of aryl methyl sites for hydroxylation is 1. The van der Waals surface area contributed by atoms with Crippen molar-refractivity contribution in [3.05, 3.63) is 0 Å². The van der Waals surface area contributed by atoms with Crippen molar-refractivity contribution >= 4 is 17.7 Å². The van der Waals surface area contributed by atoms with Crippen molar-refractivity contribution in [3.8, 4) is 0 Å². The van der Waals surface area contributed by atoms with Crippen molar-refractivity contribution in [2.24, 2.45) is 12.8 Å². The number of methoxy groups -OCH3 is 1. The van der Waals surface area contributed by atoms with E-state index in [9.17, 15) is 4.79 Å². The molecular formula is C6H11N5O2S. The number of aromatic nitrogens is 4. The third kappa shape index (κ3) is 2.67. The van der Waals surface area contributed by atoms with E-state index in [1.54, 1.807) is 7.05 Å². The Morgan fingerprint density at radius 3 is 3.00 bits per heavy atom. The zero-order valence-corrected chi connectivity index (χ0v) is 8.69. The lowest BCUT2D eigenvalue weighted by Gasteiger charge is -2.06. The number of nitrogens with two attached hydrogens (primary N) is 1. The maximum absolute atomic E-state index is 10.9. The van der Waals surface area contributed by atoms with E-state index >= 15 is 0 Å². The highest BCUT2D eigenvalue weighted by Gasteiger charge is 2.15. The summed E-state index contributed by atoms with van der Waals surface area (Å²) >= 11 is 1.31. The number of carbonyl (C=O) groups excluding carboxylic acids is 1. The summed E-state index contributed by atoms with van der Waals surface area (Å²) in [6.45, 7) is 0. The van der Waals surface area contributed by atoms with E-state index in [4.69, 9.17) is 5.73 Å². The molecule has 0 aliphatic rings. The quantitative estimate of drug-likeness (QED) is 0.500. The fourth-order valence-corrected chi connectivity index (χ4v) is 1.51. The molecule has 1 rings (SSSR count). The highest BCUT2D eigenvalue weighted by atomic mass is 32.2. The van der Waals surface area contributed by atoms with Crippen LogP contribution in [0.5, 0.6) is 0 Å². The molecule has 0 saturated carbocycles. The zero-order chi connectivity index (χ0) is 10.6. The van der Waals surface area contributed by atoms with Gasteiger partial charge in [0.2, 0.25) is 5.16 Å². The standard InChI is InChI=1S/C6H11N5O2S/c1-11-6(8-9-10-11)14-3-4(7)5(12)13-2/h4H,3,7H2,1-2H3/t4-/m1/s1. The summed E-state index contributed by atoms with van der Waals surface area (Å²) in [6, 6.07) is -0.651. The van der Waals surface area contributed by atoms with E-state index in [0.29, 0.717) is 10.9 Å². The fourth-order valence-electron chi connectivity index (χ4n) is 0.727. The lowest BCUT2D eigenvalue weighted by atomic mass is 10.4. The average Bonchev–Trinajstić information content (AvgIpc) is 2.59. The third-order valence-electron chi connectivity index (χ3n) is 1.48. The number of esters is 1. The van der Waals surface area contributed by atoms with E-state index in [2.05, 4.69) is 20.3 Å². The topological polar surface area (TPSA) is 95.9 Å². The minimum Gasteiger partial charge on any atom is -0.468 e. The predicted molar refractivity (Wildman–Crippen MR) is 49.5 cm³/mol. The van der Waals surface area contributed by atoms with Gasteiger partial charge in [0.15, 0.2) is 0 Å². The van der Waals surface area contributed by atoms with Crippen LogP contribution in [0.2, 0.25) is 0 Å². The number of hydrogen-bond donors (Lipinski definition) is 1. The van der Waals surface area contributed by atoms with Gasteiger partial charge < -0.3 is 10.5 Å². The molecule has 0 unspecified atom stereocenters. The molecule has 8 heteroatoms. The molecule has 0 spiro atoms. The molecule has 0 fully saturated rings. The minimum atomic E-state index is -0.651. The van der Waals surface area contributed by atoms with Crippen molar-refractivity contribution in [2.75, 3.05) is 12.9 Å². The second-order valence-electron chi connectivity index (χ2n) is 2.53. The summed E-state index contributed by atoms with van der Waals surface area (Å²) in [6.07, 6.45) is 0. The Morgan fingerprint density at radius 1 is 1.79 bits per heavy atom. The van der Waals surface area contributed by atoms with E-state index in [0.717, 1.165) is 0 Å². The molecule has 1 heterocycles. The van der Waals surface area contributed by atoms with E-state index in [1.807, 2.05) is 0 Å². The van der Waals surface area contributed by atoms with Gasteiger partial charge in [-0.2, -0.15) is 0 Å². The van der Waals surface area contributed by atoms with Crippen LogP contribution in [-0.4, -0.2) is 45.1 Å². The van der Waals surface area contributed by atoms with Gasteiger partial charge in [0.1, 0.15) is 6.04 Å². The largest absolute Gasteiger partial charge is 0.468 e. The Bertz CT molecular complexity index is 315. The molecule has 78 valence electrons. The average molecular weight is 217 g/mol. The van der Waals surface area contributed by atoms with Gasteiger partial charge in [-0.25, -0.2) is 4.68 Å². The molecule has 0 aliphatic heterocycles. The maximum atomic E-state index is 10.9. The first kappa shape index (κ1) is 10.9. The monoisotopic (exact) mass is 217 g/mol. The van der Waals surface area contributed by atoms with Crippen LogP contribution in [0.25, 0.3) is 0 Å². The predicted octanol–water partition coefficient (Wildman–Crippen LogP) is -1.20. The third-order valence-corrected chi connectivity index (χ3v) is 2.61. The smallest absolute Gasteiger partial charge is 0.323 e. The first-order valence-electron chi connectivity index (χ1n) is 3.83. The van der Waals surface area contributed by atoms with Crippen LogP contribution in [0, 0.1) is 0 Å². The Balaban J connectivity index is 2.41. The normalized spacial score (nSPS) is 12.5.